The molecule has 9 nitrogen and oxygen atoms in total. The third-order valence-corrected chi connectivity index (χ3v) is 5.59. The molecule has 0 aliphatic heterocycles. The van der Waals surface area contributed by atoms with E-state index in [1.54, 1.807) is 12.1 Å². The van der Waals surface area contributed by atoms with Crippen LogP contribution in [0.1, 0.15) is 42.3 Å². The molecular weight excluding hydrogens is 510 g/mol. The maximum absolute atomic E-state index is 12.9. The SMILES string of the molecule is COc1cc(O)c(CC=C(C)C)c(O)c1C(=O)/C=C/c1ccc(OC(=O)CN(C=O)/C=C\SC(C)=O)cc1. The van der Waals surface area contributed by atoms with Crippen LogP contribution in [-0.4, -0.2) is 52.0 Å². The van der Waals surface area contributed by atoms with Crippen molar-refractivity contribution in [2.75, 3.05) is 13.7 Å². The largest absolute Gasteiger partial charge is 0.507 e. The predicted octanol–water partition coefficient (Wildman–Crippen LogP) is 4.63. The number of aromatic hydroxyl groups is 2. The number of ketones is 1. The summed E-state index contributed by atoms with van der Waals surface area (Å²) < 4.78 is 10.4. The van der Waals surface area contributed by atoms with Crippen LogP contribution in [0.25, 0.3) is 6.08 Å². The van der Waals surface area contributed by atoms with Gasteiger partial charge in [0.05, 0.1) is 7.11 Å². The first kappa shape index (κ1) is 29.9. The number of benzene rings is 2. The monoisotopic (exact) mass is 539 g/mol. The van der Waals surface area contributed by atoms with Gasteiger partial charge in [0.2, 0.25) is 6.41 Å². The number of esters is 1. The smallest absolute Gasteiger partial charge is 0.331 e. The van der Waals surface area contributed by atoms with Crippen molar-refractivity contribution >= 4 is 41.1 Å². The average Bonchev–Trinajstić information content (AvgIpc) is 2.86. The van der Waals surface area contributed by atoms with Crippen LogP contribution in [0.3, 0.4) is 0 Å². The van der Waals surface area contributed by atoms with Crippen LogP contribution in [0.4, 0.5) is 0 Å². The van der Waals surface area contributed by atoms with Crippen LogP contribution < -0.4 is 9.47 Å². The number of carbonyl (C=O) groups excluding carboxylic acids is 4. The second kappa shape index (κ2) is 14.4. The van der Waals surface area contributed by atoms with E-state index < -0.39 is 11.8 Å². The Morgan fingerprint density at radius 1 is 1.08 bits per heavy atom. The van der Waals surface area contributed by atoms with Crippen molar-refractivity contribution in [1.29, 1.82) is 0 Å². The lowest BCUT2D eigenvalue weighted by molar-refractivity contribution is -0.137. The number of ether oxygens (including phenoxy) is 2. The second-order valence-electron chi connectivity index (χ2n) is 8.20. The average molecular weight is 540 g/mol. The predicted molar refractivity (Wildman–Crippen MR) is 145 cm³/mol. The standard InChI is InChI=1S/C28H29NO8S/c1-18(2)5-11-22-24(33)15-25(36-4)27(28(22)35)23(32)12-8-20-6-9-21(10-7-20)37-26(34)16-29(17-30)13-14-38-19(3)31/h5-10,12-15,17,33,35H,11,16H2,1-4H3/b12-8+,14-13-. The summed E-state index contributed by atoms with van der Waals surface area (Å²) in [6, 6.07) is 7.56. The number of methoxy groups -OCH3 is 1. The third kappa shape index (κ3) is 8.97. The lowest BCUT2D eigenvalue weighted by Crippen LogP contribution is -2.27. The molecule has 0 fully saturated rings. The first-order chi connectivity index (χ1) is 18.0. The van der Waals surface area contributed by atoms with Gasteiger partial charge in [0.25, 0.3) is 0 Å². The van der Waals surface area contributed by atoms with Gasteiger partial charge in [-0.25, -0.2) is 4.79 Å². The van der Waals surface area contributed by atoms with E-state index in [0.29, 0.717) is 12.0 Å². The number of hydrogen-bond acceptors (Lipinski definition) is 9. The quantitative estimate of drug-likeness (QED) is 0.0990. The number of rotatable bonds is 12. The van der Waals surface area contributed by atoms with Crippen LogP contribution >= 0.6 is 11.8 Å². The summed E-state index contributed by atoms with van der Waals surface area (Å²) in [5, 5.41) is 22.2. The highest BCUT2D eigenvalue weighted by Gasteiger charge is 2.22. The van der Waals surface area contributed by atoms with Crippen molar-refractivity contribution in [2.24, 2.45) is 0 Å². The van der Waals surface area contributed by atoms with Gasteiger partial charge in [-0.05, 0) is 49.4 Å². The molecule has 1 amide bonds. The van der Waals surface area contributed by atoms with Gasteiger partial charge in [0, 0.05) is 24.8 Å². The number of allylic oxidation sites excluding steroid dienone is 3. The Morgan fingerprint density at radius 2 is 1.76 bits per heavy atom. The highest BCUT2D eigenvalue weighted by atomic mass is 32.2. The first-order valence-electron chi connectivity index (χ1n) is 11.4. The molecule has 2 N–H and O–H groups in total. The zero-order chi connectivity index (χ0) is 28.2. The van der Waals surface area contributed by atoms with Crippen LogP contribution in [0.15, 0.2) is 59.7 Å². The third-order valence-electron chi connectivity index (χ3n) is 5.00. The highest BCUT2D eigenvalue weighted by molar-refractivity contribution is 8.16. The summed E-state index contributed by atoms with van der Waals surface area (Å²) >= 11 is 0.883. The van der Waals surface area contributed by atoms with Gasteiger partial charge in [-0.2, -0.15) is 0 Å². The molecule has 10 heteroatoms. The Hall–Kier alpha value is -4.31. The number of phenolic OH excluding ortho intramolecular Hbond substituents is 2. The fraction of sp³-hybridized carbons (Fsp3) is 0.214. The summed E-state index contributed by atoms with van der Waals surface area (Å²) in [5.74, 6) is -1.48. The maximum atomic E-state index is 12.9. The van der Waals surface area contributed by atoms with Crippen molar-refractivity contribution in [3.8, 4) is 23.0 Å². The van der Waals surface area contributed by atoms with Crippen LogP contribution in [0.5, 0.6) is 23.0 Å². The number of nitrogens with zero attached hydrogens (tertiary/aromatic N) is 1. The van der Waals surface area contributed by atoms with Gasteiger partial charge in [0.15, 0.2) is 10.9 Å². The molecule has 0 aromatic heterocycles. The van der Waals surface area contributed by atoms with Crippen molar-refractivity contribution in [3.63, 3.8) is 0 Å². The zero-order valence-electron chi connectivity index (χ0n) is 21.5. The van der Waals surface area contributed by atoms with E-state index in [9.17, 15) is 29.4 Å². The van der Waals surface area contributed by atoms with Crippen molar-refractivity contribution < 1.29 is 38.9 Å². The Kier molecular flexibility index (Phi) is 11.4. The minimum absolute atomic E-state index is 0.0389. The van der Waals surface area contributed by atoms with Crippen LogP contribution in [0.2, 0.25) is 0 Å². The summed E-state index contributed by atoms with van der Waals surface area (Å²) in [6.07, 6.45) is 6.58. The van der Waals surface area contributed by atoms with Crippen molar-refractivity contribution in [2.45, 2.75) is 27.2 Å². The molecule has 200 valence electrons. The lowest BCUT2D eigenvalue weighted by Gasteiger charge is -2.13. The summed E-state index contributed by atoms with van der Waals surface area (Å²) in [7, 11) is 1.33. The number of phenols is 2. The van der Waals surface area contributed by atoms with Crippen molar-refractivity contribution in [1.82, 2.24) is 4.90 Å². The lowest BCUT2D eigenvalue weighted by atomic mass is 9.99. The van der Waals surface area contributed by atoms with Crippen LogP contribution in [-0.2, 0) is 20.8 Å². The Labute approximate surface area is 225 Å². The molecular formula is C28H29NO8S. The van der Waals surface area contributed by atoms with Gasteiger partial charge in [0.1, 0.15) is 35.1 Å². The molecule has 0 aliphatic rings. The molecule has 0 unspecified atom stereocenters. The number of hydrogen-bond donors (Lipinski definition) is 2. The van der Waals surface area contributed by atoms with E-state index in [2.05, 4.69) is 0 Å². The first-order valence-corrected chi connectivity index (χ1v) is 12.3. The molecule has 0 saturated heterocycles. The van der Waals surface area contributed by atoms with E-state index in [1.165, 1.54) is 56.0 Å². The zero-order valence-corrected chi connectivity index (χ0v) is 22.3. The Morgan fingerprint density at radius 3 is 2.34 bits per heavy atom. The highest BCUT2D eigenvalue weighted by Crippen LogP contribution is 2.39. The summed E-state index contributed by atoms with van der Waals surface area (Å²) in [5.41, 5.74) is 1.75. The van der Waals surface area contributed by atoms with Gasteiger partial charge in [-0.3, -0.25) is 14.4 Å². The van der Waals surface area contributed by atoms with Gasteiger partial charge in [-0.1, -0.05) is 41.6 Å². The van der Waals surface area contributed by atoms with Crippen molar-refractivity contribution in [3.05, 3.63) is 76.4 Å². The Bertz CT molecular complexity index is 1270. The number of carbonyl (C=O) groups is 4. The van der Waals surface area contributed by atoms with E-state index >= 15 is 0 Å². The molecule has 0 aliphatic carbocycles. The second-order valence-corrected chi connectivity index (χ2v) is 9.28. The molecule has 0 saturated carbocycles. The fourth-order valence-corrected chi connectivity index (χ4v) is 3.53. The molecule has 38 heavy (non-hydrogen) atoms. The van der Waals surface area contributed by atoms with Crippen LogP contribution in [0, 0.1) is 0 Å². The minimum Gasteiger partial charge on any atom is -0.507 e. The molecule has 0 spiro atoms. The number of thioether (sulfide) groups is 1. The molecule has 2 aromatic rings. The number of amides is 1. The Balaban J connectivity index is 2.12. The van der Waals surface area contributed by atoms with E-state index in [4.69, 9.17) is 9.47 Å². The molecule has 0 bridgehead atoms. The molecule has 0 atom stereocenters. The van der Waals surface area contributed by atoms with E-state index in [0.717, 1.165) is 22.2 Å². The fourth-order valence-electron chi connectivity index (χ4n) is 3.12. The molecule has 2 aromatic carbocycles. The maximum Gasteiger partial charge on any atom is 0.331 e. The van der Waals surface area contributed by atoms with Gasteiger partial charge < -0.3 is 24.6 Å². The summed E-state index contributed by atoms with van der Waals surface area (Å²) in [4.78, 5) is 48.1. The normalized spacial score (nSPS) is 10.8. The molecule has 0 heterocycles. The molecule has 0 radical (unpaired) electrons. The topological polar surface area (TPSA) is 130 Å². The van der Waals surface area contributed by atoms with E-state index in [1.807, 2.05) is 19.9 Å². The van der Waals surface area contributed by atoms with Gasteiger partial charge >= 0.3 is 5.97 Å². The van der Waals surface area contributed by atoms with E-state index in [-0.39, 0.29) is 52.2 Å². The molecule has 2 rings (SSSR count). The minimum atomic E-state index is -0.688. The summed E-state index contributed by atoms with van der Waals surface area (Å²) in [6.45, 7) is 4.80. The van der Waals surface area contributed by atoms with Gasteiger partial charge in [-0.15, -0.1) is 0 Å².